The van der Waals surface area contributed by atoms with Gasteiger partial charge in [0.2, 0.25) is 0 Å². The Morgan fingerprint density at radius 1 is 1.22 bits per heavy atom. The summed E-state index contributed by atoms with van der Waals surface area (Å²) in [6, 6.07) is 10.8. The number of nitrogens with zero attached hydrogens (tertiary/aromatic N) is 1. The maximum Gasteiger partial charge on any atom is 0.417 e. The fourth-order valence-electron chi connectivity index (χ4n) is 4.35. The number of carbonyl (C=O) groups is 3. The summed E-state index contributed by atoms with van der Waals surface area (Å²) in [4.78, 5) is 38.8. The van der Waals surface area contributed by atoms with Gasteiger partial charge in [-0.25, -0.2) is 9.69 Å². The average molecular weight is 641 g/mol. The van der Waals surface area contributed by atoms with E-state index in [0.717, 1.165) is 10.5 Å². The molecule has 0 radical (unpaired) electrons. The molecule has 3 rings (SSSR count). The first-order valence-electron chi connectivity index (χ1n) is 13.5. The Bertz CT molecular complexity index is 1140. The number of rotatable bonds is 16. The lowest BCUT2D eigenvalue weighted by Gasteiger charge is -2.29. The molecule has 2 amide bonds. The highest BCUT2D eigenvalue weighted by molar-refractivity contribution is 9.10. The third kappa shape index (κ3) is 9.11. The van der Waals surface area contributed by atoms with E-state index < -0.39 is 42.3 Å². The zero-order chi connectivity index (χ0) is 29.9. The van der Waals surface area contributed by atoms with Crippen molar-refractivity contribution < 1.29 is 47.6 Å². The predicted octanol–water partition coefficient (Wildman–Crippen LogP) is 4.19. The Balaban J connectivity index is 1.60. The number of aryl methyl sites for hydroxylation is 1. The van der Waals surface area contributed by atoms with Crippen molar-refractivity contribution in [1.29, 1.82) is 0 Å². The van der Waals surface area contributed by atoms with E-state index in [0.29, 0.717) is 36.3 Å². The maximum atomic E-state index is 13.5. The van der Waals surface area contributed by atoms with E-state index in [-0.39, 0.29) is 31.5 Å². The zero-order valence-electron chi connectivity index (χ0n) is 23.7. The van der Waals surface area contributed by atoms with E-state index in [1.54, 1.807) is 6.07 Å². The second-order valence-electron chi connectivity index (χ2n) is 9.98. The molecule has 41 heavy (non-hydrogen) atoms. The quantitative estimate of drug-likeness (QED) is 0.210. The predicted molar refractivity (Wildman–Crippen MR) is 150 cm³/mol. The molecule has 0 aliphatic carbocycles. The van der Waals surface area contributed by atoms with Crippen molar-refractivity contribution in [3.63, 3.8) is 0 Å². The molecule has 1 aliphatic heterocycles. The van der Waals surface area contributed by atoms with Gasteiger partial charge < -0.3 is 33.2 Å². The molecular weight excluding hydrogens is 602 g/mol. The Kier molecular flexibility index (Phi) is 12.8. The van der Waals surface area contributed by atoms with E-state index in [4.69, 9.17) is 28.1 Å². The minimum atomic E-state index is -1.34. The number of hydrogen-bond acceptors (Lipinski definition) is 10. The molecule has 4 unspecified atom stereocenters. The van der Waals surface area contributed by atoms with E-state index in [1.165, 1.54) is 14.0 Å². The SMILES string of the molecule is COC(C(=O)N1C(=O)OCC1C(C)C)C(OC(C)=O)c1cc(Br)c(CCCOCC(CO)OCc2ccccc2)o1. The van der Waals surface area contributed by atoms with Crippen molar-refractivity contribution >= 4 is 33.9 Å². The molecule has 4 atom stereocenters. The van der Waals surface area contributed by atoms with Gasteiger partial charge in [-0.3, -0.25) is 9.59 Å². The lowest BCUT2D eigenvalue weighted by Crippen LogP contribution is -2.49. The molecule has 0 bridgehead atoms. The molecule has 1 aromatic carbocycles. The van der Waals surface area contributed by atoms with Crippen LogP contribution in [-0.2, 0) is 46.3 Å². The van der Waals surface area contributed by atoms with Crippen molar-refractivity contribution in [1.82, 2.24) is 4.90 Å². The van der Waals surface area contributed by atoms with Crippen molar-refractivity contribution in [3.8, 4) is 0 Å². The lowest BCUT2D eigenvalue weighted by molar-refractivity contribution is -0.164. The summed E-state index contributed by atoms with van der Waals surface area (Å²) < 4.78 is 34.1. The van der Waals surface area contributed by atoms with Crippen LogP contribution in [0.4, 0.5) is 4.79 Å². The smallest absolute Gasteiger partial charge is 0.417 e. The van der Waals surface area contributed by atoms with Crippen LogP contribution in [0, 0.1) is 5.92 Å². The second kappa shape index (κ2) is 16.0. The molecule has 2 aromatic rings. The van der Waals surface area contributed by atoms with Crippen LogP contribution in [0.3, 0.4) is 0 Å². The maximum absolute atomic E-state index is 13.5. The summed E-state index contributed by atoms with van der Waals surface area (Å²) in [5, 5.41) is 9.60. The molecule has 12 heteroatoms. The van der Waals surface area contributed by atoms with Crippen molar-refractivity contribution in [3.05, 3.63) is 58.0 Å². The van der Waals surface area contributed by atoms with E-state index in [2.05, 4.69) is 15.9 Å². The number of hydrogen-bond donors (Lipinski definition) is 1. The summed E-state index contributed by atoms with van der Waals surface area (Å²) >= 11 is 3.47. The van der Waals surface area contributed by atoms with Gasteiger partial charge in [0.15, 0.2) is 12.2 Å². The van der Waals surface area contributed by atoms with Gasteiger partial charge in [-0.05, 0) is 39.9 Å². The molecule has 226 valence electrons. The Hall–Kier alpha value is -2.77. The van der Waals surface area contributed by atoms with Gasteiger partial charge in [-0.15, -0.1) is 0 Å². The van der Waals surface area contributed by atoms with Crippen LogP contribution in [0.2, 0.25) is 0 Å². The van der Waals surface area contributed by atoms with E-state index in [9.17, 15) is 19.5 Å². The normalized spacial score (nSPS) is 17.4. The second-order valence-corrected chi connectivity index (χ2v) is 10.8. The largest absolute Gasteiger partial charge is 0.461 e. The number of cyclic esters (lactones) is 1. The Labute approximate surface area is 248 Å². The first kappa shape index (κ1) is 32.7. The van der Waals surface area contributed by atoms with Gasteiger partial charge in [0.1, 0.15) is 24.2 Å². The van der Waals surface area contributed by atoms with Crippen molar-refractivity contribution in [2.75, 3.05) is 33.5 Å². The van der Waals surface area contributed by atoms with Crippen LogP contribution >= 0.6 is 15.9 Å². The fourth-order valence-corrected chi connectivity index (χ4v) is 4.85. The summed E-state index contributed by atoms with van der Waals surface area (Å²) in [6.07, 6.45) is -2.74. The molecule has 1 aliphatic rings. The highest BCUT2D eigenvalue weighted by Gasteiger charge is 2.46. The first-order chi connectivity index (χ1) is 19.7. The standard InChI is InChI=1S/C29H38BrNO10/c1-18(2)23-17-39-29(35)31(23)28(34)27(36-4)26(40-19(3)33)25-13-22(30)24(41-25)11-8-12-37-16-21(14-32)38-15-20-9-6-5-7-10-20/h5-7,9-10,13,18,21,23,26-27,32H,8,11-12,14-17H2,1-4H3. The highest BCUT2D eigenvalue weighted by Crippen LogP contribution is 2.33. The van der Waals surface area contributed by atoms with Gasteiger partial charge in [0.05, 0.1) is 30.3 Å². The van der Waals surface area contributed by atoms with Crippen LogP contribution < -0.4 is 0 Å². The Morgan fingerprint density at radius 2 is 1.95 bits per heavy atom. The average Bonchev–Trinajstić information content (AvgIpc) is 3.52. The van der Waals surface area contributed by atoms with Gasteiger partial charge in [0.25, 0.3) is 5.91 Å². The molecule has 1 N–H and O–H groups in total. The number of methoxy groups -OCH3 is 1. The summed E-state index contributed by atoms with van der Waals surface area (Å²) in [7, 11) is 1.30. The molecule has 11 nitrogen and oxygen atoms in total. The number of furan rings is 1. The zero-order valence-corrected chi connectivity index (χ0v) is 25.3. The number of halogens is 1. The van der Waals surface area contributed by atoms with E-state index in [1.807, 2.05) is 44.2 Å². The highest BCUT2D eigenvalue weighted by atomic mass is 79.9. The molecule has 1 aromatic heterocycles. The number of aliphatic hydroxyl groups excluding tert-OH is 1. The number of benzene rings is 1. The minimum Gasteiger partial charge on any atom is -0.461 e. The topological polar surface area (TPSA) is 134 Å². The lowest BCUT2D eigenvalue weighted by atomic mass is 10.0. The van der Waals surface area contributed by atoms with Gasteiger partial charge in [0, 0.05) is 27.1 Å². The first-order valence-corrected chi connectivity index (χ1v) is 14.3. The number of esters is 1. The van der Waals surface area contributed by atoms with Crippen molar-refractivity contribution in [2.45, 2.75) is 64.6 Å². The van der Waals surface area contributed by atoms with Crippen molar-refractivity contribution in [2.24, 2.45) is 5.92 Å². The molecule has 0 spiro atoms. The monoisotopic (exact) mass is 639 g/mol. The van der Waals surface area contributed by atoms with Gasteiger partial charge in [-0.2, -0.15) is 0 Å². The number of carbonyl (C=O) groups excluding carboxylic acids is 3. The van der Waals surface area contributed by atoms with Crippen LogP contribution in [-0.4, -0.2) is 79.8 Å². The third-order valence-electron chi connectivity index (χ3n) is 6.56. The van der Waals surface area contributed by atoms with Gasteiger partial charge >= 0.3 is 12.1 Å². The van der Waals surface area contributed by atoms with Gasteiger partial charge in [-0.1, -0.05) is 44.2 Å². The molecule has 0 saturated carbocycles. The summed E-state index contributed by atoms with van der Waals surface area (Å²) in [5.41, 5.74) is 1.01. The van der Waals surface area contributed by atoms with Crippen LogP contribution in [0.5, 0.6) is 0 Å². The number of aliphatic hydroxyl groups is 1. The molecule has 1 fully saturated rings. The summed E-state index contributed by atoms with van der Waals surface area (Å²) in [5.74, 6) is -0.640. The minimum absolute atomic E-state index is 0.0512. The number of ether oxygens (including phenoxy) is 5. The number of imide groups is 1. The van der Waals surface area contributed by atoms with Crippen LogP contribution in [0.25, 0.3) is 0 Å². The third-order valence-corrected chi connectivity index (χ3v) is 7.23. The molecule has 1 saturated heterocycles. The van der Waals surface area contributed by atoms with Crippen LogP contribution in [0.1, 0.15) is 50.4 Å². The number of amides is 2. The van der Waals surface area contributed by atoms with E-state index >= 15 is 0 Å². The fraction of sp³-hybridized carbons (Fsp3) is 0.552. The molecular formula is C29H38BrNO10. The van der Waals surface area contributed by atoms with Crippen LogP contribution in [0.15, 0.2) is 45.3 Å². The molecule has 2 heterocycles. The Morgan fingerprint density at radius 3 is 2.59 bits per heavy atom. The summed E-state index contributed by atoms with van der Waals surface area (Å²) in [6.45, 7) is 5.87.